The molecule has 0 aliphatic heterocycles. The second-order valence-corrected chi connectivity index (χ2v) is 20.6. The van der Waals surface area contributed by atoms with E-state index in [1.165, 1.54) is 64.2 Å². The van der Waals surface area contributed by atoms with Gasteiger partial charge in [0.25, 0.3) is 0 Å². The van der Waals surface area contributed by atoms with E-state index in [4.69, 9.17) is 0 Å². The van der Waals surface area contributed by atoms with Crippen LogP contribution in [0.25, 0.3) is 0 Å². The molecule has 0 radical (unpaired) electrons. The molecule has 0 aliphatic carbocycles. The van der Waals surface area contributed by atoms with E-state index in [9.17, 15) is 0 Å². The van der Waals surface area contributed by atoms with Gasteiger partial charge in [0.2, 0.25) is 0 Å². The summed E-state index contributed by atoms with van der Waals surface area (Å²) in [6.07, 6.45) is 14.3. The van der Waals surface area contributed by atoms with Crippen LogP contribution in [0.1, 0.15) is 85.0 Å². The summed E-state index contributed by atoms with van der Waals surface area (Å²) in [5.74, 6) is 0. The molecule has 0 saturated heterocycles. The molecule has 0 N–H and O–H groups in total. The van der Waals surface area contributed by atoms with E-state index in [0.29, 0.717) is 0 Å². The summed E-state index contributed by atoms with van der Waals surface area (Å²) in [6, 6.07) is 11.8. The van der Waals surface area contributed by atoms with Crippen molar-refractivity contribution in [2.24, 2.45) is 0 Å². The van der Waals surface area contributed by atoms with Gasteiger partial charge in [0.15, 0.2) is 0 Å². The molecule has 0 nitrogen and oxygen atoms in total. The molecule has 0 aliphatic rings. The fraction of sp³-hybridized carbons (Fsp3) is 0.727. The Balaban J connectivity index is 2.71. The molecular formula is C22H40Sn. The Morgan fingerprint density at radius 1 is 0.565 bits per heavy atom. The third kappa shape index (κ3) is 8.09. The fourth-order valence-corrected chi connectivity index (χ4v) is 19.6. The maximum atomic E-state index is 2.48. The number of hydrogen-bond acceptors (Lipinski definition) is 0. The van der Waals surface area contributed by atoms with E-state index in [-0.39, 0.29) is 0 Å². The van der Waals surface area contributed by atoms with Gasteiger partial charge in [0.1, 0.15) is 0 Å². The molecule has 0 heterocycles. The summed E-state index contributed by atoms with van der Waals surface area (Å²) < 4.78 is 6.59. The van der Waals surface area contributed by atoms with Crippen LogP contribution in [0.15, 0.2) is 30.3 Å². The van der Waals surface area contributed by atoms with E-state index in [2.05, 4.69) is 51.1 Å². The van der Waals surface area contributed by atoms with Crippen molar-refractivity contribution in [2.45, 2.75) is 98.3 Å². The van der Waals surface area contributed by atoms with Crippen molar-refractivity contribution in [1.29, 1.82) is 0 Å². The predicted octanol–water partition coefficient (Wildman–Crippen LogP) is 7.30. The molecule has 1 rings (SSSR count). The van der Waals surface area contributed by atoms with Crippen molar-refractivity contribution < 1.29 is 0 Å². The van der Waals surface area contributed by atoms with Crippen LogP contribution in [-0.4, -0.2) is 18.4 Å². The van der Waals surface area contributed by atoms with Crippen LogP contribution in [-0.2, 0) is 0 Å². The Morgan fingerprint density at radius 3 is 1.61 bits per heavy atom. The maximum absolute atomic E-state index is 2.48. The van der Waals surface area contributed by atoms with E-state index < -0.39 is 18.4 Å². The monoisotopic (exact) mass is 424 g/mol. The number of unbranched alkanes of at least 4 members (excludes halogenated alkanes) is 7. The molecule has 23 heavy (non-hydrogen) atoms. The van der Waals surface area contributed by atoms with E-state index in [1.807, 2.05) is 3.58 Å². The van der Waals surface area contributed by atoms with E-state index >= 15 is 0 Å². The number of benzene rings is 1. The topological polar surface area (TPSA) is 0 Å². The molecule has 1 heteroatoms. The first-order chi connectivity index (χ1) is 11.3. The molecule has 0 amide bonds. The predicted molar refractivity (Wildman–Crippen MR) is 109 cm³/mol. The molecule has 132 valence electrons. The van der Waals surface area contributed by atoms with Gasteiger partial charge in [-0.2, -0.15) is 0 Å². The SMILES string of the molecule is CCCCCCC[CH2][Sn]([CH2]CCC)([CH2]CCC)[c]1ccccc1. The quantitative estimate of drug-likeness (QED) is 0.218. The Bertz CT molecular complexity index is 363. The van der Waals surface area contributed by atoms with Crippen LogP contribution < -0.4 is 3.58 Å². The first kappa shape index (κ1) is 21.1. The van der Waals surface area contributed by atoms with Crippen molar-refractivity contribution in [3.63, 3.8) is 0 Å². The molecule has 0 aromatic heterocycles. The number of rotatable bonds is 14. The zero-order chi connectivity index (χ0) is 16.8. The van der Waals surface area contributed by atoms with Gasteiger partial charge in [-0.05, 0) is 0 Å². The fourth-order valence-electron chi connectivity index (χ4n) is 3.87. The van der Waals surface area contributed by atoms with Crippen LogP contribution >= 0.6 is 0 Å². The summed E-state index contributed by atoms with van der Waals surface area (Å²) in [5.41, 5.74) is 0. The minimum atomic E-state index is -2.17. The Morgan fingerprint density at radius 2 is 1.04 bits per heavy atom. The van der Waals surface area contributed by atoms with Gasteiger partial charge in [-0.1, -0.05) is 0 Å². The van der Waals surface area contributed by atoms with Gasteiger partial charge in [-0.25, -0.2) is 0 Å². The zero-order valence-corrected chi connectivity index (χ0v) is 18.9. The summed E-state index contributed by atoms with van der Waals surface area (Å²) in [6.45, 7) is 7.05. The van der Waals surface area contributed by atoms with Gasteiger partial charge in [0, 0.05) is 0 Å². The molecule has 0 atom stereocenters. The second kappa shape index (κ2) is 13.3. The molecule has 0 saturated carbocycles. The average Bonchev–Trinajstić information content (AvgIpc) is 2.60. The van der Waals surface area contributed by atoms with Crippen molar-refractivity contribution in [3.05, 3.63) is 30.3 Å². The second-order valence-electron chi connectivity index (χ2n) is 7.37. The Labute approximate surface area is 150 Å². The molecular weight excluding hydrogens is 383 g/mol. The van der Waals surface area contributed by atoms with Crippen LogP contribution in [0.2, 0.25) is 13.3 Å². The third-order valence-corrected chi connectivity index (χ3v) is 21.1. The molecule has 0 bridgehead atoms. The van der Waals surface area contributed by atoms with Crippen LogP contribution in [0.5, 0.6) is 0 Å². The van der Waals surface area contributed by atoms with Gasteiger partial charge < -0.3 is 0 Å². The van der Waals surface area contributed by atoms with Gasteiger partial charge in [-0.3, -0.25) is 0 Å². The first-order valence-electron chi connectivity index (χ1n) is 10.3. The van der Waals surface area contributed by atoms with Crippen LogP contribution in [0.4, 0.5) is 0 Å². The van der Waals surface area contributed by atoms with Gasteiger partial charge >= 0.3 is 151 Å². The summed E-state index contributed by atoms with van der Waals surface area (Å²) in [4.78, 5) is 0. The van der Waals surface area contributed by atoms with Crippen LogP contribution in [0.3, 0.4) is 0 Å². The van der Waals surface area contributed by atoms with Crippen molar-refractivity contribution in [1.82, 2.24) is 0 Å². The Kier molecular flexibility index (Phi) is 12.2. The summed E-state index contributed by atoms with van der Waals surface area (Å²) in [5, 5.41) is 0. The molecule has 0 unspecified atom stereocenters. The van der Waals surface area contributed by atoms with Gasteiger partial charge in [0.05, 0.1) is 0 Å². The van der Waals surface area contributed by atoms with E-state index in [1.54, 1.807) is 13.3 Å². The molecule has 1 aromatic carbocycles. The third-order valence-electron chi connectivity index (χ3n) is 5.41. The zero-order valence-electron chi connectivity index (χ0n) is 16.1. The van der Waals surface area contributed by atoms with Crippen molar-refractivity contribution in [3.8, 4) is 0 Å². The molecule has 1 aromatic rings. The standard InChI is InChI=1S/C8H17.C6H5.2C4H9.Sn/c1-3-5-7-8-6-4-2;1-2-4-6-5-3-1;2*1-3-4-2;/h1,3-8H2,2H3;1-5H;2*1,3-4H2,2H3;. The first-order valence-corrected chi connectivity index (χ1v) is 17.8. The minimum absolute atomic E-state index is 1.36. The molecule has 0 spiro atoms. The van der Waals surface area contributed by atoms with E-state index in [0.717, 1.165) is 0 Å². The molecule has 0 fully saturated rings. The summed E-state index contributed by atoms with van der Waals surface area (Å²) in [7, 11) is 0. The average molecular weight is 423 g/mol. The van der Waals surface area contributed by atoms with Gasteiger partial charge in [-0.15, -0.1) is 0 Å². The summed E-state index contributed by atoms with van der Waals surface area (Å²) >= 11 is -2.17. The van der Waals surface area contributed by atoms with Crippen molar-refractivity contribution >= 4 is 22.0 Å². The Hall–Kier alpha value is 0.0187. The number of hydrogen-bond donors (Lipinski definition) is 0. The van der Waals surface area contributed by atoms with Crippen LogP contribution in [0, 0.1) is 0 Å². The van der Waals surface area contributed by atoms with Crippen molar-refractivity contribution in [2.75, 3.05) is 0 Å². The normalized spacial score (nSPS) is 11.8.